The van der Waals surface area contributed by atoms with Gasteiger partial charge in [0.05, 0.1) is 17.9 Å². The van der Waals surface area contributed by atoms with Gasteiger partial charge in [-0.25, -0.2) is 13.6 Å². The highest BCUT2D eigenvalue weighted by Crippen LogP contribution is 2.31. The van der Waals surface area contributed by atoms with Gasteiger partial charge in [-0.1, -0.05) is 13.8 Å². The molecule has 0 heterocycles. The number of primary amides is 1. The van der Waals surface area contributed by atoms with Gasteiger partial charge in [-0.05, 0) is 36.1 Å². The van der Waals surface area contributed by atoms with Crippen molar-refractivity contribution in [2.24, 2.45) is 10.9 Å². The lowest BCUT2D eigenvalue weighted by atomic mass is 9.98. The summed E-state index contributed by atoms with van der Waals surface area (Å²) in [6, 6.07) is 4.46. The van der Waals surface area contributed by atoms with E-state index >= 15 is 0 Å². The van der Waals surface area contributed by atoms with Gasteiger partial charge in [-0.2, -0.15) is 0 Å². The van der Waals surface area contributed by atoms with Gasteiger partial charge < -0.3 is 10.5 Å². The molecule has 6 nitrogen and oxygen atoms in total. The van der Waals surface area contributed by atoms with Crippen LogP contribution in [0, 0.1) is 0 Å². The van der Waals surface area contributed by atoms with E-state index < -0.39 is 15.9 Å². The van der Waals surface area contributed by atoms with Crippen LogP contribution < -0.4 is 15.6 Å². The van der Waals surface area contributed by atoms with Gasteiger partial charge in [-0.15, -0.1) is 0 Å². The van der Waals surface area contributed by atoms with Gasteiger partial charge in [-0.3, -0.25) is 4.79 Å². The molecule has 7 heteroatoms. The van der Waals surface area contributed by atoms with Crippen LogP contribution in [-0.2, 0) is 14.8 Å². The topological polar surface area (TPSA) is 112 Å². The van der Waals surface area contributed by atoms with Crippen molar-refractivity contribution in [1.82, 2.24) is 0 Å². The number of amides is 1. The Bertz CT molecular complexity index is 584. The smallest absolute Gasteiger partial charge is 0.238 e. The molecule has 1 aromatic rings. The molecular formula is C13H20N2O4S. The van der Waals surface area contributed by atoms with Crippen molar-refractivity contribution in [2.75, 3.05) is 6.61 Å². The van der Waals surface area contributed by atoms with E-state index in [1.807, 2.05) is 13.8 Å². The number of sulfonamides is 1. The lowest BCUT2D eigenvalue weighted by molar-refractivity contribution is -0.118. The fourth-order valence-electron chi connectivity index (χ4n) is 1.70. The second-order valence-electron chi connectivity index (χ2n) is 4.62. The maximum absolute atomic E-state index is 11.4. The van der Waals surface area contributed by atoms with E-state index in [-0.39, 0.29) is 23.8 Å². The minimum atomic E-state index is -3.75. The second-order valence-corrected chi connectivity index (χ2v) is 6.18. The van der Waals surface area contributed by atoms with Crippen LogP contribution in [-0.4, -0.2) is 20.9 Å². The maximum atomic E-state index is 11.4. The number of hydrogen-bond acceptors (Lipinski definition) is 4. The highest BCUT2D eigenvalue weighted by atomic mass is 32.2. The number of nitrogens with two attached hydrogens (primary N) is 2. The van der Waals surface area contributed by atoms with Gasteiger partial charge in [0.15, 0.2) is 0 Å². The normalized spacial score (nSPS) is 12.9. The summed E-state index contributed by atoms with van der Waals surface area (Å²) < 4.78 is 28.3. The summed E-state index contributed by atoms with van der Waals surface area (Å²) in [6.45, 7) is 4.11. The van der Waals surface area contributed by atoms with Crippen molar-refractivity contribution < 1.29 is 17.9 Å². The first-order chi connectivity index (χ1) is 9.25. The Morgan fingerprint density at radius 1 is 1.40 bits per heavy atom. The second kappa shape index (κ2) is 6.71. The lowest BCUT2D eigenvalue weighted by Gasteiger charge is -2.16. The minimum absolute atomic E-state index is 0.0510. The van der Waals surface area contributed by atoms with E-state index in [2.05, 4.69) is 0 Å². The van der Waals surface area contributed by atoms with Crippen LogP contribution in [0.2, 0.25) is 0 Å². The molecule has 1 rings (SSSR count). The van der Waals surface area contributed by atoms with Crippen molar-refractivity contribution in [2.45, 2.75) is 37.5 Å². The number of hydrogen-bond donors (Lipinski definition) is 2. The van der Waals surface area contributed by atoms with Crippen molar-refractivity contribution >= 4 is 15.9 Å². The fraction of sp³-hybridized carbons (Fsp3) is 0.462. The third-order valence-electron chi connectivity index (χ3n) is 3.06. The zero-order chi connectivity index (χ0) is 15.3. The van der Waals surface area contributed by atoms with Crippen LogP contribution in [0.5, 0.6) is 5.75 Å². The SMILES string of the molecule is CCC(C)c1cc(S(N)(=O)=O)ccc1OCCC(N)=O. The molecule has 0 saturated carbocycles. The largest absolute Gasteiger partial charge is 0.493 e. The lowest BCUT2D eigenvalue weighted by Crippen LogP contribution is -2.16. The van der Waals surface area contributed by atoms with Crippen molar-refractivity contribution in [1.29, 1.82) is 0 Å². The standard InChI is InChI=1S/C13H20N2O4S/c1-3-9(2)11-8-10(20(15,17)18)4-5-12(11)19-7-6-13(14)16/h4-5,8-9H,3,6-7H2,1-2H3,(H2,14,16)(H2,15,17,18). The molecule has 0 aromatic heterocycles. The molecule has 1 atom stereocenters. The Morgan fingerprint density at radius 2 is 2.05 bits per heavy atom. The molecule has 0 radical (unpaired) electrons. The summed E-state index contributed by atoms with van der Waals surface area (Å²) in [7, 11) is -3.75. The van der Waals surface area contributed by atoms with E-state index in [0.29, 0.717) is 5.75 Å². The van der Waals surface area contributed by atoms with Crippen LogP contribution in [0.15, 0.2) is 23.1 Å². The Kier molecular flexibility index (Phi) is 5.52. The van der Waals surface area contributed by atoms with E-state index in [1.54, 1.807) is 6.07 Å². The van der Waals surface area contributed by atoms with E-state index in [9.17, 15) is 13.2 Å². The third-order valence-corrected chi connectivity index (χ3v) is 3.97. The molecule has 20 heavy (non-hydrogen) atoms. The van der Waals surface area contributed by atoms with E-state index in [0.717, 1.165) is 12.0 Å². The maximum Gasteiger partial charge on any atom is 0.238 e. The molecule has 1 amide bonds. The zero-order valence-corrected chi connectivity index (χ0v) is 12.4. The molecule has 0 aliphatic heterocycles. The monoisotopic (exact) mass is 300 g/mol. The Morgan fingerprint density at radius 3 is 2.55 bits per heavy atom. The molecule has 1 unspecified atom stereocenters. The Labute approximate surface area is 119 Å². The number of benzene rings is 1. The van der Waals surface area contributed by atoms with Gasteiger partial charge in [0.2, 0.25) is 15.9 Å². The average molecular weight is 300 g/mol. The molecule has 0 bridgehead atoms. The number of ether oxygens (including phenoxy) is 1. The first-order valence-electron chi connectivity index (χ1n) is 6.33. The molecule has 4 N–H and O–H groups in total. The summed E-state index contributed by atoms with van der Waals surface area (Å²) in [6.07, 6.45) is 0.928. The Hall–Kier alpha value is -1.60. The van der Waals surface area contributed by atoms with Crippen LogP contribution in [0.1, 0.15) is 38.2 Å². The number of rotatable bonds is 7. The van der Waals surface area contributed by atoms with E-state index in [4.69, 9.17) is 15.6 Å². The van der Waals surface area contributed by atoms with Gasteiger partial charge in [0.25, 0.3) is 0 Å². The first kappa shape index (κ1) is 16.5. The molecular weight excluding hydrogens is 280 g/mol. The van der Waals surface area contributed by atoms with Crippen molar-refractivity contribution in [3.8, 4) is 5.75 Å². The van der Waals surface area contributed by atoms with Crippen molar-refractivity contribution in [3.05, 3.63) is 23.8 Å². The highest BCUT2D eigenvalue weighted by Gasteiger charge is 2.16. The molecule has 0 saturated heterocycles. The summed E-state index contributed by atoms with van der Waals surface area (Å²) in [5, 5.41) is 5.13. The summed E-state index contributed by atoms with van der Waals surface area (Å²) in [5.74, 6) is 0.213. The minimum Gasteiger partial charge on any atom is -0.493 e. The molecule has 0 spiro atoms. The van der Waals surface area contributed by atoms with Gasteiger partial charge >= 0.3 is 0 Å². The first-order valence-corrected chi connectivity index (χ1v) is 7.88. The number of carbonyl (C=O) groups excluding carboxylic acids is 1. The predicted molar refractivity (Wildman–Crippen MR) is 75.8 cm³/mol. The average Bonchev–Trinajstić information content (AvgIpc) is 2.36. The van der Waals surface area contributed by atoms with Crippen LogP contribution in [0.3, 0.4) is 0 Å². The molecule has 0 aliphatic carbocycles. The van der Waals surface area contributed by atoms with Gasteiger partial charge in [0.1, 0.15) is 5.75 Å². The van der Waals surface area contributed by atoms with Crippen LogP contribution >= 0.6 is 0 Å². The quantitative estimate of drug-likeness (QED) is 0.785. The summed E-state index contributed by atoms with van der Waals surface area (Å²) in [5.41, 5.74) is 5.80. The van der Waals surface area contributed by atoms with Gasteiger partial charge in [0, 0.05) is 0 Å². The zero-order valence-electron chi connectivity index (χ0n) is 11.6. The Balaban J connectivity index is 3.07. The highest BCUT2D eigenvalue weighted by molar-refractivity contribution is 7.89. The van der Waals surface area contributed by atoms with Crippen LogP contribution in [0.25, 0.3) is 0 Å². The van der Waals surface area contributed by atoms with Crippen LogP contribution in [0.4, 0.5) is 0 Å². The number of carbonyl (C=O) groups is 1. The fourth-order valence-corrected chi connectivity index (χ4v) is 2.25. The predicted octanol–water partition coefficient (Wildman–Crippen LogP) is 1.10. The molecule has 112 valence electrons. The summed E-state index contributed by atoms with van der Waals surface area (Å²) >= 11 is 0. The molecule has 0 aliphatic rings. The van der Waals surface area contributed by atoms with Crippen molar-refractivity contribution in [3.63, 3.8) is 0 Å². The third kappa shape index (κ3) is 4.50. The number of primary sulfonamides is 1. The van der Waals surface area contributed by atoms with E-state index in [1.165, 1.54) is 12.1 Å². The molecule has 0 fully saturated rings. The summed E-state index contributed by atoms with van der Waals surface area (Å²) in [4.78, 5) is 10.7. The molecule has 1 aromatic carbocycles.